The fourth-order valence-corrected chi connectivity index (χ4v) is 9.36. The van der Waals surface area contributed by atoms with Gasteiger partial charge < -0.3 is 27.1 Å². The van der Waals surface area contributed by atoms with E-state index >= 15 is 0 Å². The minimum Gasteiger partial charge on any atom is -0.308 e. The monoisotopic (exact) mass is 696 g/mol. The summed E-state index contributed by atoms with van der Waals surface area (Å²) in [6, 6.07) is 5.59. The van der Waals surface area contributed by atoms with E-state index in [1.54, 1.807) is 0 Å². The zero-order chi connectivity index (χ0) is 33.4. The molecule has 0 saturated carbocycles. The van der Waals surface area contributed by atoms with Crippen molar-refractivity contribution in [2.75, 3.05) is 39.6 Å². The van der Waals surface area contributed by atoms with Crippen LogP contribution in [-0.4, -0.2) is 39.6 Å². The molecule has 0 amide bonds. The third-order valence-electron chi connectivity index (χ3n) is 6.96. The van der Waals surface area contributed by atoms with E-state index < -0.39 is 22.8 Å². The van der Waals surface area contributed by atoms with Crippen molar-refractivity contribution in [1.82, 2.24) is 0 Å². The lowest BCUT2D eigenvalue weighted by molar-refractivity contribution is 0.198. The van der Waals surface area contributed by atoms with Crippen LogP contribution in [0.5, 0.6) is 0 Å². The molecule has 0 unspecified atom stereocenters. The van der Waals surface area contributed by atoms with Crippen molar-refractivity contribution in [3.8, 4) is 0 Å². The summed E-state index contributed by atoms with van der Waals surface area (Å²) in [5.41, 5.74) is 2.04. The molecule has 0 bridgehead atoms. The first-order chi connectivity index (χ1) is 21.6. The summed E-state index contributed by atoms with van der Waals surface area (Å²) in [5.74, 6) is 0. The van der Waals surface area contributed by atoms with E-state index in [1.807, 2.05) is 18.2 Å². The summed E-state index contributed by atoms with van der Waals surface area (Å²) < 4.78 is 77.2. The molecule has 9 nitrogen and oxygen atoms in total. The fourth-order valence-electron chi connectivity index (χ4n) is 4.26. The maximum absolute atomic E-state index is 14.0. The molecule has 0 saturated heterocycles. The Morgan fingerprint density at radius 2 is 0.556 bits per heavy atom. The Hall–Kier alpha value is -0.330. The highest BCUT2D eigenvalue weighted by Gasteiger charge is 2.30. The van der Waals surface area contributed by atoms with Gasteiger partial charge in [0.05, 0.1) is 58.1 Å². The maximum Gasteiger partial charge on any atom is 0.335 e. The van der Waals surface area contributed by atoms with Crippen molar-refractivity contribution < 1.29 is 40.8 Å². The Bertz CT molecular complexity index is 867. The number of hydrogen-bond donors (Lipinski definition) is 0. The molecule has 0 aliphatic heterocycles. The first kappa shape index (κ1) is 42.7. The molecule has 0 aromatic heterocycles. The van der Waals surface area contributed by atoms with Gasteiger partial charge in [-0.25, -0.2) is 0 Å². The largest absolute Gasteiger partial charge is 0.335 e. The molecular formula is C33H63O9P3. The van der Waals surface area contributed by atoms with Crippen LogP contribution in [0.1, 0.15) is 135 Å². The van der Waals surface area contributed by atoms with Crippen LogP contribution in [0.3, 0.4) is 0 Å². The average Bonchev–Trinajstić information content (AvgIpc) is 2.98. The third-order valence-corrected chi connectivity index (χ3v) is 12.7. The topological polar surface area (TPSA) is 107 Å². The van der Waals surface area contributed by atoms with Crippen molar-refractivity contribution in [2.24, 2.45) is 0 Å². The number of rotatable bonds is 30. The average molecular weight is 697 g/mol. The summed E-state index contributed by atoms with van der Waals surface area (Å²) in [6.07, 6.45) is 10.2. The van der Waals surface area contributed by atoms with Gasteiger partial charge >= 0.3 is 22.8 Å². The van der Waals surface area contributed by atoms with Gasteiger partial charge in [-0.1, -0.05) is 98.3 Å². The van der Waals surface area contributed by atoms with Gasteiger partial charge in [-0.2, -0.15) is 0 Å². The van der Waals surface area contributed by atoms with E-state index in [0.717, 1.165) is 77.0 Å². The lowest BCUT2D eigenvalue weighted by Crippen LogP contribution is -2.06. The lowest BCUT2D eigenvalue weighted by Gasteiger charge is -2.23. The van der Waals surface area contributed by atoms with Gasteiger partial charge in [0, 0.05) is 0 Å². The first-order valence-electron chi connectivity index (χ1n) is 17.4. The normalized spacial score (nSPS) is 12.7. The molecule has 0 radical (unpaired) electrons. The highest BCUT2D eigenvalue weighted by atomic mass is 31.2. The summed E-state index contributed by atoms with van der Waals surface area (Å²) in [7, 11) is -10.5. The fraction of sp³-hybridized carbons (Fsp3) is 0.818. The molecule has 264 valence electrons. The van der Waals surface area contributed by atoms with E-state index in [2.05, 4.69) is 41.5 Å². The second kappa shape index (κ2) is 24.8. The van der Waals surface area contributed by atoms with Gasteiger partial charge in [0.25, 0.3) is 0 Å². The van der Waals surface area contributed by atoms with Gasteiger partial charge in [-0.15, -0.1) is 0 Å². The van der Waals surface area contributed by atoms with Gasteiger partial charge in [-0.3, -0.25) is 13.7 Å². The minimum atomic E-state index is -3.49. The molecule has 0 aliphatic carbocycles. The second-order valence-electron chi connectivity index (χ2n) is 11.6. The molecule has 45 heavy (non-hydrogen) atoms. The summed E-state index contributed by atoms with van der Waals surface area (Å²) in [4.78, 5) is 0. The van der Waals surface area contributed by atoms with Gasteiger partial charge in [-0.05, 0) is 55.2 Å². The highest BCUT2D eigenvalue weighted by molar-refractivity contribution is 7.53. The molecule has 0 fully saturated rings. The van der Waals surface area contributed by atoms with Crippen molar-refractivity contribution >= 4 is 22.8 Å². The SMILES string of the molecule is CCCCOP(=O)(Cc1cc(CP(=O)(OCCCC)OCCCC)cc(CP(=O)(OCCCC)OCCCC)c1)OCCCC. The molecule has 0 heterocycles. The van der Waals surface area contributed by atoms with Gasteiger partial charge in [0.1, 0.15) is 0 Å². The van der Waals surface area contributed by atoms with Gasteiger partial charge in [0.2, 0.25) is 0 Å². The zero-order valence-electron chi connectivity index (χ0n) is 29.1. The van der Waals surface area contributed by atoms with Crippen LogP contribution in [0.15, 0.2) is 18.2 Å². The van der Waals surface area contributed by atoms with Crippen LogP contribution in [0, 0.1) is 0 Å². The molecule has 0 spiro atoms. The quantitative estimate of drug-likeness (QED) is 0.0573. The molecule has 12 heteroatoms. The van der Waals surface area contributed by atoms with Gasteiger partial charge in [0.15, 0.2) is 0 Å². The van der Waals surface area contributed by atoms with E-state index in [9.17, 15) is 13.7 Å². The van der Waals surface area contributed by atoms with Crippen molar-refractivity contribution in [2.45, 2.75) is 137 Å². The molecule has 0 atom stereocenters. The predicted molar refractivity (Wildman–Crippen MR) is 186 cm³/mol. The van der Waals surface area contributed by atoms with Crippen LogP contribution in [0.2, 0.25) is 0 Å². The highest BCUT2D eigenvalue weighted by Crippen LogP contribution is 2.56. The number of benzene rings is 1. The van der Waals surface area contributed by atoms with Crippen LogP contribution in [0.4, 0.5) is 0 Å². The third kappa shape index (κ3) is 19.3. The van der Waals surface area contributed by atoms with Crippen LogP contribution >= 0.6 is 22.8 Å². The molecular weight excluding hydrogens is 633 g/mol. The summed E-state index contributed by atoms with van der Waals surface area (Å²) in [6.45, 7) is 14.3. The summed E-state index contributed by atoms with van der Waals surface area (Å²) >= 11 is 0. The number of hydrogen-bond acceptors (Lipinski definition) is 9. The van der Waals surface area contributed by atoms with Crippen LogP contribution < -0.4 is 0 Å². The van der Waals surface area contributed by atoms with E-state index in [1.165, 1.54) is 0 Å². The van der Waals surface area contributed by atoms with E-state index in [-0.39, 0.29) is 18.5 Å². The molecule has 1 rings (SSSR count). The van der Waals surface area contributed by atoms with Crippen molar-refractivity contribution in [1.29, 1.82) is 0 Å². The minimum absolute atomic E-state index is 0.0383. The van der Waals surface area contributed by atoms with Crippen molar-refractivity contribution in [3.63, 3.8) is 0 Å². The molecule has 0 aliphatic rings. The molecule has 1 aromatic rings. The second-order valence-corrected chi connectivity index (χ2v) is 17.7. The first-order valence-corrected chi connectivity index (χ1v) is 22.5. The van der Waals surface area contributed by atoms with E-state index in [4.69, 9.17) is 27.1 Å². The van der Waals surface area contributed by atoms with E-state index in [0.29, 0.717) is 56.3 Å². The molecule has 0 N–H and O–H groups in total. The van der Waals surface area contributed by atoms with Crippen LogP contribution in [0.25, 0.3) is 0 Å². The smallest absolute Gasteiger partial charge is 0.308 e. The number of unbranched alkanes of at least 4 members (excludes halogenated alkanes) is 6. The Morgan fingerprint density at radius 1 is 0.378 bits per heavy atom. The Labute approximate surface area is 274 Å². The predicted octanol–water partition coefficient (Wildman–Crippen LogP) is 11.7. The Morgan fingerprint density at radius 3 is 0.711 bits per heavy atom. The maximum atomic E-state index is 14.0. The Balaban J connectivity index is 3.54. The summed E-state index contributed by atoms with van der Waals surface area (Å²) in [5, 5.41) is 0. The lowest BCUT2D eigenvalue weighted by atomic mass is 10.1. The zero-order valence-corrected chi connectivity index (χ0v) is 31.8. The Kier molecular flexibility index (Phi) is 23.5. The molecule has 1 aromatic carbocycles. The standard InChI is InChI=1S/C33H63O9P3/c1-7-13-19-37-43(34,38-20-14-8-2)28-31-25-32(29-44(35,39-21-15-9-3)40-22-16-10-4)27-33(26-31)30-45(36,41-23-17-11-5)42-24-18-12-6/h25-27H,7-24,28-30H2,1-6H3. The van der Waals surface area contributed by atoms with Crippen molar-refractivity contribution in [3.05, 3.63) is 34.9 Å². The van der Waals surface area contributed by atoms with Crippen LogP contribution in [-0.2, 0) is 59.3 Å².